The SMILES string of the molecule is Cc1cc(-c2ccc(Cl)s2)nc(CCCN)n1. The molecule has 0 aliphatic rings. The molecule has 0 unspecified atom stereocenters. The smallest absolute Gasteiger partial charge is 0.129 e. The Kier molecular flexibility index (Phi) is 4.10. The fraction of sp³-hybridized carbons (Fsp3) is 0.333. The first-order valence-corrected chi connectivity index (χ1v) is 6.69. The fourth-order valence-electron chi connectivity index (χ4n) is 1.58. The minimum absolute atomic E-state index is 0.664. The summed E-state index contributed by atoms with van der Waals surface area (Å²) in [7, 11) is 0. The summed E-state index contributed by atoms with van der Waals surface area (Å²) in [6.07, 6.45) is 1.73. The Balaban J connectivity index is 2.31. The van der Waals surface area contributed by atoms with E-state index in [1.807, 2.05) is 25.1 Å². The van der Waals surface area contributed by atoms with Gasteiger partial charge in [-0.2, -0.15) is 0 Å². The van der Waals surface area contributed by atoms with E-state index in [1.54, 1.807) is 0 Å². The molecule has 0 fully saturated rings. The molecule has 17 heavy (non-hydrogen) atoms. The molecule has 2 rings (SSSR count). The number of nitrogens with zero attached hydrogens (tertiary/aromatic N) is 2. The Morgan fingerprint density at radius 3 is 2.82 bits per heavy atom. The molecule has 0 saturated heterocycles. The highest BCUT2D eigenvalue weighted by Crippen LogP contribution is 2.30. The maximum Gasteiger partial charge on any atom is 0.129 e. The van der Waals surface area contributed by atoms with Crippen LogP contribution in [0, 0.1) is 6.92 Å². The maximum atomic E-state index is 5.93. The zero-order chi connectivity index (χ0) is 12.3. The highest BCUT2D eigenvalue weighted by atomic mass is 35.5. The molecule has 5 heteroatoms. The van der Waals surface area contributed by atoms with E-state index in [0.717, 1.165) is 39.3 Å². The Bertz CT molecular complexity index is 510. The van der Waals surface area contributed by atoms with Crippen LogP contribution in [0.15, 0.2) is 18.2 Å². The number of hydrogen-bond acceptors (Lipinski definition) is 4. The van der Waals surface area contributed by atoms with Gasteiger partial charge in [-0.15, -0.1) is 11.3 Å². The van der Waals surface area contributed by atoms with Crippen LogP contribution in [0.25, 0.3) is 10.6 Å². The largest absolute Gasteiger partial charge is 0.330 e. The summed E-state index contributed by atoms with van der Waals surface area (Å²) in [6, 6.07) is 5.86. The minimum atomic E-state index is 0.664. The van der Waals surface area contributed by atoms with Gasteiger partial charge in [-0.3, -0.25) is 0 Å². The van der Waals surface area contributed by atoms with Gasteiger partial charge in [0, 0.05) is 12.1 Å². The molecular formula is C12H14ClN3S. The van der Waals surface area contributed by atoms with Gasteiger partial charge in [-0.05, 0) is 38.1 Å². The molecule has 0 aliphatic carbocycles. The lowest BCUT2D eigenvalue weighted by atomic mass is 10.2. The third-order valence-corrected chi connectivity index (χ3v) is 3.58. The van der Waals surface area contributed by atoms with Crippen molar-refractivity contribution in [2.45, 2.75) is 19.8 Å². The summed E-state index contributed by atoms with van der Waals surface area (Å²) in [5.41, 5.74) is 7.42. The van der Waals surface area contributed by atoms with Crippen LogP contribution >= 0.6 is 22.9 Å². The van der Waals surface area contributed by atoms with E-state index in [-0.39, 0.29) is 0 Å². The molecular weight excluding hydrogens is 254 g/mol. The van der Waals surface area contributed by atoms with Crippen molar-refractivity contribution in [2.75, 3.05) is 6.54 Å². The molecule has 0 amide bonds. The van der Waals surface area contributed by atoms with E-state index in [0.29, 0.717) is 6.54 Å². The molecule has 2 aromatic heterocycles. The fourth-order valence-corrected chi connectivity index (χ4v) is 2.58. The third-order valence-electron chi connectivity index (χ3n) is 2.33. The molecule has 90 valence electrons. The Morgan fingerprint density at radius 2 is 2.18 bits per heavy atom. The van der Waals surface area contributed by atoms with Gasteiger partial charge in [0.2, 0.25) is 0 Å². The number of halogens is 1. The predicted octanol–water partition coefficient (Wildman–Crippen LogP) is 3.06. The van der Waals surface area contributed by atoms with Crippen molar-refractivity contribution in [1.29, 1.82) is 0 Å². The molecule has 0 aliphatic heterocycles. The lowest BCUT2D eigenvalue weighted by Gasteiger charge is -2.03. The van der Waals surface area contributed by atoms with Gasteiger partial charge >= 0.3 is 0 Å². The Hall–Kier alpha value is -0.970. The van der Waals surface area contributed by atoms with Crippen LogP contribution in [-0.4, -0.2) is 16.5 Å². The van der Waals surface area contributed by atoms with Crippen molar-refractivity contribution in [3.8, 4) is 10.6 Å². The number of aryl methyl sites for hydroxylation is 2. The van der Waals surface area contributed by atoms with Crippen molar-refractivity contribution in [3.63, 3.8) is 0 Å². The van der Waals surface area contributed by atoms with Gasteiger partial charge in [0.05, 0.1) is 14.9 Å². The first kappa shape index (κ1) is 12.5. The molecule has 2 N–H and O–H groups in total. The molecule has 0 aromatic carbocycles. The van der Waals surface area contributed by atoms with E-state index in [1.165, 1.54) is 11.3 Å². The average molecular weight is 268 g/mol. The zero-order valence-electron chi connectivity index (χ0n) is 9.61. The second kappa shape index (κ2) is 5.58. The van der Waals surface area contributed by atoms with Crippen LogP contribution in [-0.2, 0) is 6.42 Å². The molecule has 3 nitrogen and oxygen atoms in total. The van der Waals surface area contributed by atoms with Crippen LogP contribution < -0.4 is 5.73 Å². The van der Waals surface area contributed by atoms with Gasteiger partial charge in [0.25, 0.3) is 0 Å². The summed E-state index contributed by atoms with van der Waals surface area (Å²) in [6.45, 7) is 2.64. The van der Waals surface area contributed by atoms with E-state index in [9.17, 15) is 0 Å². The van der Waals surface area contributed by atoms with Gasteiger partial charge in [-0.1, -0.05) is 11.6 Å². The Morgan fingerprint density at radius 1 is 1.35 bits per heavy atom. The van der Waals surface area contributed by atoms with Crippen molar-refractivity contribution in [3.05, 3.63) is 34.1 Å². The zero-order valence-corrected chi connectivity index (χ0v) is 11.2. The third kappa shape index (κ3) is 3.25. The molecule has 2 heterocycles. The molecule has 0 saturated carbocycles. The second-order valence-corrected chi connectivity index (χ2v) is 5.52. The van der Waals surface area contributed by atoms with Gasteiger partial charge < -0.3 is 5.73 Å². The monoisotopic (exact) mass is 267 g/mol. The lowest BCUT2D eigenvalue weighted by molar-refractivity contribution is 0.777. The summed E-state index contributed by atoms with van der Waals surface area (Å²) >= 11 is 7.46. The number of aromatic nitrogens is 2. The number of rotatable bonds is 4. The highest BCUT2D eigenvalue weighted by molar-refractivity contribution is 7.19. The van der Waals surface area contributed by atoms with Crippen LogP contribution in [0.5, 0.6) is 0 Å². The Labute approximate surface area is 110 Å². The van der Waals surface area contributed by atoms with Gasteiger partial charge in [-0.25, -0.2) is 9.97 Å². The van der Waals surface area contributed by atoms with Crippen molar-refractivity contribution >= 4 is 22.9 Å². The first-order chi connectivity index (χ1) is 8.19. The maximum absolute atomic E-state index is 5.93. The van der Waals surface area contributed by atoms with Crippen molar-refractivity contribution in [2.24, 2.45) is 5.73 Å². The quantitative estimate of drug-likeness (QED) is 0.926. The first-order valence-electron chi connectivity index (χ1n) is 5.49. The summed E-state index contributed by atoms with van der Waals surface area (Å²) in [5, 5.41) is 0. The predicted molar refractivity (Wildman–Crippen MR) is 72.5 cm³/mol. The standard InChI is InChI=1S/C12H14ClN3S/c1-8-7-9(10-4-5-11(13)17-10)16-12(15-8)3-2-6-14/h4-5,7H,2-3,6,14H2,1H3. The molecule has 0 bridgehead atoms. The minimum Gasteiger partial charge on any atom is -0.330 e. The molecule has 0 radical (unpaired) electrons. The van der Waals surface area contributed by atoms with E-state index in [2.05, 4.69) is 9.97 Å². The van der Waals surface area contributed by atoms with Crippen LogP contribution in [0.4, 0.5) is 0 Å². The lowest BCUT2D eigenvalue weighted by Crippen LogP contribution is -2.04. The van der Waals surface area contributed by atoms with Crippen LogP contribution in [0.3, 0.4) is 0 Å². The van der Waals surface area contributed by atoms with Crippen LogP contribution in [0.1, 0.15) is 17.9 Å². The highest BCUT2D eigenvalue weighted by Gasteiger charge is 2.06. The average Bonchev–Trinajstić information content (AvgIpc) is 2.72. The second-order valence-electron chi connectivity index (χ2n) is 3.81. The normalized spacial score (nSPS) is 10.8. The summed E-state index contributed by atoms with van der Waals surface area (Å²) in [4.78, 5) is 10.0. The molecule has 2 aromatic rings. The van der Waals surface area contributed by atoms with Crippen molar-refractivity contribution < 1.29 is 0 Å². The molecule has 0 atom stereocenters. The van der Waals surface area contributed by atoms with E-state index in [4.69, 9.17) is 17.3 Å². The summed E-state index contributed by atoms with van der Waals surface area (Å²) in [5.74, 6) is 0.856. The van der Waals surface area contributed by atoms with Gasteiger partial charge in [0.1, 0.15) is 5.82 Å². The number of thiophene rings is 1. The topological polar surface area (TPSA) is 51.8 Å². The van der Waals surface area contributed by atoms with Crippen LogP contribution in [0.2, 0.25) is 4.34 Å². The number of hydrogen-bond donors (Lipinski definition) is 1. The van der Waals surface area contributed by atoms with Crippen molar-refractivity contribution in [1.82, 2.24) is 9.97 Å². The molecule has 0 spiro atoms. The number of nitrogens with two attached hydrogens (primary N) is 1. The van der Waals surface area contributed by atoms with E-state index < -0.39 is 0 Å². The van der Waals surface area contributed by atoms with Gasteiger partial charge in [0.15, 0.2) is 0 Å². The van der Waals surface area contributed by atoms with E-state index >= 15 is 0 Å². The summed E-state index contributed by atoms with van der Waals surface area (Å²) < 4.78 is 0.778.